The molecule has 0 bridgehead atoms. The summed E-state index contributed by atoms with van der Waals surface area (Å²) in [4.78, 5) is 11.0. The van der Waals surface area contributed by atoms with Gasteiger partial charge in [0.2, 0.25) is 0 Å². The maximum Gasteiger partial charge on any atom is 0.405 e. The summed E-state index contributed by atoms with van der Waals surface area (Å²) >= 11 is 0. The Morgan fingerprint density at radius 3 is 2.65 bits per heavy atom. The van der Waals surface area contributed by atoms with E-state index < -0.39 is 6.09 Å². The highest BCUT2D eigenvalue weighted by Gasteiger charge is 2.24. The lowest BCUT2D eigenvalue weighted by molar-refractivity contribution is 0.188. The number of hydrogen-bond acceptors (Lipinski definition) is 2. The maximum absolute atomic E-state index is 11.0. The van der Waals surface area contributed by atoms with E-state index in [0.29, 0.717) is 0 Å². The minimum Gasteiger partial charge on any atom is -0.465 e. The van der Waals surface area contributed by atoms with Crippen LogP contribution in [0, 0.1) is 0 Å². The Labute approximate surface area is 154 Å². The van der Waals surface area contributed by atoms with E-state index in [1.54, 1.807) is 0 Å². The van der Waals surface area contributed by atoms with Gasteiger partial charge in [-0.3, -0.25) is 0 Å². The Kier molecular flexibility index (Phi) is 5.05. The van der Waals surface area contributed by atoms with Gasteiger partial charge >= 0.3 is 6.09 Å². The molecule has 1 aliphatic carbocycles. The first kappa shape index (κ1) is 18.5. The van der Waals surface area contributed by atoms with Gasteiger partial charge in [0.05, 0.1) is 12.6 Å². The topological polar surface area (TPSA) is 69.6 Å². The maximum atomic E-state index is 11.0. The van der Waals surface area contributed by atoms with Gasteiger partial charge in [0, 0.05) is 0 Å². The Hall–Kier alpha value is -2.33. The van der Waals surface area contributed by atoms with Crippen molar-refractivity contribution in [3.05, 3.63) is 58.7 Å². The number of benzene rings is 2. The van der Waals surface area contributed by atoms with Gasteiger partial charge in [0.15, 0.2) is 0 Å². The zero-order valence-corrected chi connectivity index (χ0v) is 15.7. The Balaban J connectivity index is 2.06. The largest absolute Gasteiger partial charge is 0.465 e. The number of aliphatic hydroxyl groups excluding tert-OH is 1. The number of carboxylic acid groups (broad SMARTS) is 1. The van der Waals surface area contributed by atoms with E-state index in [4.69, 9.17) is 5.11 Å². The second-order valence-corrected chi connectivity index (χ2v) is 8.05. The molecule has 0 spiro atoms. The first-order valence-electron chi connectivity index (χ1n) is 9.17. The van der Waals surface area contributed by atoms with Crippen LogP contribution in [-0.2, 0) is 18.4 Å². The van der Waals surface area contributed by atoms with E-state index in [2.05, 4.69) is 44.3 Å². The molecule has 3 rings (SSSR count). The van der Waals surface area contributed by atoms with Crippen molar-refractivity contribution in [1.29, 1.82) is 0 Å². The lowest BCUT2D eigenvalue weighted by Crippen LogP contribution is -2.29. The van der Waals surface area contributed by atoms with Crippen LogP contribution in [0.5, 0.6) is 0 Å². The number of rotatable bonds is 3. The van der Waals surface area contributed by atoms with E-state index >= 15 is 0 Å². The second-order valence-electron chi connectivity index (χ2n) is 8.05. The van der Waals surface area contributed by atoms with Crippen LogP contribution in [0.2, 0.25) is 0 Å². The van der Waals surface area contributed by atoms with Crippen LogP contribution in [0.1, 0.15) is 61.9 Å². The Morgan fingerprint density at radius 1 is 1.23 bits per heavy atom. The molecular formula is C22H27NO3. The molecule has 2 aromatic carbocycles. The summed E-state index contributed by atoms with van der Waals surface area (Å²) in [5.74, 6) is 0. The fourth-order valence-electron chi connectivity index (χ4n) is 4.01. The molecule has 1 unspecified atom stereocenters. The van der Waals surface area contributed by atoms with Crippen molar-refractivity contribution in [3.8, 4) is 11.1 Å². The quantitative estimate of drug-likeness (QED) is 0.743. The van der Waals surface area contributed by atoms with Gasteiger partial charge in [0.25, 0.3) is 0 Å². The molecule has 0 saturated heterocycles. The average Bonchev–Trinajstić information content (AvgIpc) is 2.59. The van der Waals surface area contributed by atoms with Gasteiger partial charge in [-0.05, 0) is 58.1 Å². The molecule has 1 aliphatic rings. The molecule has 2 aromatic rings. The van der Waals surface area contributed by atoms with E-state index in [0.717, 1.165) is 47.1 Å². The second kappa shape index (κ2) is 7.12. The van der Waals surface area contributed by atoms with Crippen LogP contribution in [0.3, 0.4) is 0 Å². The summed E-state index contributed by atoms with van der Waals surface area (Å²) in [5.41, 5.74) is 6.47. The summed E-state index contributed by atoms with van der Waals surface area (Å²) in [6, 6.07) is 12.3. The molecule has 0 aliphatic heterocycles. The Morgan fingerprint density at radius 2 is 2.00 bits per heavy atom. The van der Waals surface area contributed by atoms with Gasteiger partial charge in [0.1, 0.15) is 0 Å². The lowest BCUT2D eigenvalue weighted by Gasteiger charge is -2.27. The number of aliphatic hydroxyl groups is 1. The fraction of sp³-hybridized carbons (Fsp3) is 0.409. The van der Waals surface area contributed by atoms with E-state index in [9.17, 15) is 9.90 Å². The lowest BCUT2D eigenvalue weighted by atomic mass is 9.80. The normalized spacial score (nSPS) is 16.8. The first-order chi connectivity index (χ1) is 12.3. The summed E-state index contributed by atoms with van der Waals surface area (Å²) in [6.45, 7) is 6.46. The van der Waals surface area contributed by atoms with E-state index in [1.165, 1.54) is 5.56 Å². The van der Waals surface area contributed by atoms with Gasteiger partial charge in [-0.2, -0.15) is 0 Å². The van der Waals surface area contributed by atoms with Gasteiger partial charge in [-0.25, -0.2) is 4.79 Å². The molecule has 1 atom stereocenters. The summed E-state index contributed by atoms with van der Waals surface area (Å²) in [6.07, 6.45) is 1.78. The number of nitrogens with one attached hydrogen (secondary N) is 1. The number of fused-ring (bicyclic) bond motifs is 1. The predicted octanol–water partition coefficient (Wildman–Crippen LogP) is 4.79. The van der Waals surface area contributed by atoms with Crippen molar-refractivity contribution in [2.75, 3.05) is 0 Å². The molecule has 0 heterocycles. The third kappa shape index (κ3) is 3.61. The summed E-state index contributed by atoms with van der Waals surface area (Å²) in [7, 11) is 0. The molecule has 4 nitrogen and oxygen atoms in total. The van der Waals surface area contributed by atoms with Crippen LogP contribution in [0.15, 0.2) is 36.4 Å². The van der Waals surface area contributed by atoms with Gasteiger partial charge in [-0.15, -0.1) is 0 Å². The van der Waals surface area contributed by atoms with Crippen molar-refractivity contribution in [3.63, 3.8) is 0 Å². The summed E-state index contributed by atoms with van der Waals surface area (Å²) < 4.78 is 0. The smallest absolute Gasteiger partial charge is 0.405 e. The fourth-order valence-corrected chi connectivity index (χ4v) is 4.01. The highest BCUT2D eigenvalue weighted by Crippen LogP contribution is 2.36. The monoisotopic (exact) mass is 353 g/mol. The number of hydrogen-bond donors (Lipinski definition) is 3. The van der Waals surface area contributed by atoms with Crippen molar-refractivity contribution in [1.82, 2.24) is 5.32 Å². The predicted molar refractivity (Wildman–Crippen MR) is 103 cm³/mol. The SMILES string of the molecule is CC(C)(C)c1cccc(-c2ccc3c(c2)CCCC3NC(=O)O)c1CO. The van der Waals surface area contributed by atoms with Crippen LogP contribution >= 0.6 is 0 Å². The molecule has 138 valence electrons. The van der Waals surface area contributed by atoms with Crippen molar-refractivity contribution >= 4 is 6.09 Å². The third-order valence-electron chi connectivity index (χ3n) is 5.21. The molecule has 3 N–H and O–H groups in total. The molecule has 0 radical (unpaired) electrons. The molecule has 0 aromatic heterocycles. The number of amides is 1. The van der Waals surface area contributed by atoms with Crippen molar-refractivity contribution in [2.45, 2.75) is 58.1 Å². The zero-order chi connectivity index (χ0) is 18.9. The zero-order valence-electron chi connectivity index (χ0n) is 15.7. The van der Waals surface area contributed by atoms with Crippen LogP contribution < -0.4 is 5.32 Å². The minimum absolute atomic E-state index is 0.00303. The Bertz CT molecular complexity index is 821. The van der Waals surface area contributed by atoms with Crippen LogP contribution in [0.25, 0.3) is 11.1 Å². The molecule has 1 amide bonds. The highest BCUT2D eigenvalue weighted by molar-refractivity contribution is 5.71. The molecule has 0 fully saturated rings. The highest BCUT2D eigenvalue weighted by atomic mass is 16.4. The van der Waals surface area contributed by atoms with E-state index in [1.807, 2.05) is 18.2 Å². The van der Waals surface area contributed by atoms with Crippen LogP contribution in [-0.4, -0.2) is 16.3 Å². The van der Waals surface area contributed by atoms with Crippen LogP contribution in [0.4, 0.5) is 4.79 Å². The third-order valence-corrected chi connectivity index (χ3v) is 5.21. The number of carbonyl (C=O) groups is 1. The first-order valence-corrected chi connectivity index (χ1v) is 9.17. The molecule has 0 saturated carbocycles. The molecular weight excluding hydrogens is 326 g/mol. The van der Waals surface area contributed by atoms with Gasteiger partial charge < -0.3 is 15.5 Å². The molecule has 4 heteroatoms. The molecule has 26 heavy (non-hydrogen) atoms. The average molecular weight is 353 g/mol. The van der Waals surface area contributed by atoms with Gasteiger partial charge in [-0.1, -0.05) is 57.2 Å². The standard InChI is InChI=1S/C22H27NO3/c1-22(2,3)19-8-5-7-16(18(19)13-24)15-10-11-17-14(12-15)6-4-9-20(17)23-21(25)26/h5,7-8,10-12,20,23-24H,4,6,9,13H2,1-3H3,(H,25,26). The summed E-state index contributed by atoms with van der Waals surface area (Å²) in [5, 5.41) is 21.7. The number of aryl methyl sites for hydroxylation is 1. The van der Waals surface area contributed by atoms with Crippen molar-refractivity contribution in [2.24, 2.45) is 0 Å². The van der Waals surface area contributed by atoms with Crippen molar-refractivity contribution < 1.29 is 15.0 Å². The minimum atomic E-state index is -0.979. The van der Waals surface area contributed by atoms with E-state index in [-0.39, 0.29) is 18.1 Å².